The highest BCUT2D eigenvalue weighted by molar-refractivity contribution is 7.19. The molecule has 1 fully saturated rings. The summed E-state index contributed by atoms with van der Waals surface area (Å²) in [7, 11) is 0. The first-order valence-corrected chi connectivity index (χ1v) is 11.1. The minimum atomic E-state index is -0.777. The second-order valence-electron chi connectivity index (χ2n) is 7.96. The molecule has 4 heterocycles. The topological polar surface area (TPSA) is 107 Å². The van der Waals surface area contributed by atoms with Crippen molar-refractivity contribution < 1.29 is 19.4 Å². The van der Waals surface area contributed by atoms with Gasteiger partial charge < -0.3 is 9.84 Å². The molecule has 162 valence electrons. The Bertz CT molecular complexity index is 1300. The molecule has 1 saturated heterocycles. The van der Waals surface area contributed by atoms with Crippen molar-refractivity contribution in [1.82, 2.24) is 9.88 Å². The minimum Gasteiger partial charge on any atom is -0.457 e. The van der Waals surface area contributed by atoms with Crippen LogP contribution in [-0.4, -0.2) is 53.0 Å². The molecule has 1 N–H and O–H groups in total. The highest BCUT2D eigenvalue weighted by atomic mass is 32.1. The molecule has 1 unspecified atom stereocenters. The lowest BCUT2D eigenvalue weighted by Crippen LogP contribution is -2.51. The highest BCUT2D eigenvalue weighted by Gasteiger charge is 2.30. The Morgan fingerprint density at radius 1 is 1.28 bits per heavy atom. The lowest BCUT2D eigenvalue weighted by atomic mass is 9.95. The fraction of sp³-hybridized carbons (Fsp3) is 0.304. The van der Waals surface area contributed by atoms with E-state index in [1.807, 2.05) is 17.9 Å². The average molecular weight is 449 g/mol. The maximum Gasteiger partial charge on any atom is 0.338 e. The predicted octanol–water partition coefficient (Wildman–Crippen LogP) is 2.53. The summed E-state index contributed by atoms with van der Waals surface area (Å²) in [5.41, 5.74) is 2.98. The predicted molar refractivity (Wildman–Crippen MR) is 118 cm³/mol. The molecule has 1 aromatic carbocycles. The number of benzene rings is 1. The van der Waals surface area contributed by atoms with Crippen molar-refractivity contribution in [2.45, 2.75) is 19.6 Å². The first-order valence-electron chi connectivity index (χ1n) is 10.3. The molecule has 1 atom stereocenters. The van der Waals surface area contributed by atoms with Crippen molar-refractivity contribution in [2.24, 2.45) is 0 Å². The number of aromatic nitrogens is 1. The maximum atomic E-state index is 12.8. The van der Waals surface area contributed by atoms with Crippen molar-refractivity contribution in [3.63, 3.8) is 0 Å². The molecule has 5 rings (SSSR count). The van der Waals surface area contributed by atoms with Crippen LogP contribution in [0.25, 0.3) is 10.2 Å². The number of aliphatic hydroxyl groups excluding tert-OH is 1. The molecule has 9 heteroatoms. The van der Waals surface area contributed by atoms with E-state index in [1.54, 1.807) is 29.2 Å². The summed E-state index contributed by atoms with van der Waals surface area (Å²) in [6.07, 6.45) is -0.777. The number of hydrogen-bond donors (Lipinski definition) is 1. The summed E-state index contributed by atoms with van der Waals surface area (Å²) >= 11 is 1.31. The second kappa shape index (κ2) is 7.98. The van der Waals surface area contributed by atoms with Gasteiger partial charge in [0, 0.05) is 30.6 Å². The number of fused-ring (bicyclic) bond motifs is 2. The monoisotopic (exact) mass is 448 g/mol. The number of anilines is 1. The minimum absolute atomic E-state index is 0.0861. The van der Waals surface area contributed by atoms with E-state index in [0.29, 0.717) is 35.9 Å². The zero-order valence-electron chi connectivity index (χ0n) is 17.4. The number of hydrogen-bond acceptors (Lipinski definition) is 8. The number of nitrogens with zero attached hydrogens (tertiary/aromatic N) is 4. The quantitative estimate of drug-likeness (QED) is 0.611. The first kappa shape index (κ1) is 20.6. The number of carbonyl (C=O) groups is 2. The van der Waals surface area contributed by atoms with Crippen LogP contribution in [0.2, 0.25) is 0 Å². The number of piperazine rings is 1. The number of rotatable bonds is 4. The van der Waals surface area contributed by atoms with E-state index in [0.717, 1.165) is 26.9 Å². The Kier molecular flexibility index (Phi) is 5.13. The molecule has 8 nitrogen and oxygen atoms in total. The Balaban J connectivity index is 1.27. The largest absolute Gasteiger partial charge is 0.457 e. The summed E-state index contributed by atoms with van der Waals surface area (Å²) < 4.78 is 5.09. The molecule has 3 aromatic rings. The fourth-order valence-corrected chi connectivity index (χ4v) is 5.13. The van der Waals surface area contributed by atoms with Crippen LogP contribution in [0, 0.1) is 18.3 Å². The molecule has 0 spiro atoms. The van der Waals surface area contributed by atoms with Gasteiger partial charge in [-0.3, -0.25) is 14.6 Å². The zero-order valence-corrected chi connectivity index (χ0v) is 18.2. The summed E-state index contributed by atoms with van der Waals surface area (Å²) in [6, 6.07) is 11.1. The molecule has 2 aliphatic rings. The number of aliphatic hydroxyl groups is 1. The van der Waals surface area contributed by atoms with Gasteiger partial charge in [0.2, 0.25) is 5.91 Å². The van der Waals surface area contributed by atoms with Crippen molar-refractivity contribution in [1.29, 1.82) is 5.26 Å². The third kappa shape index (κ3) is 3.52. The Labute approximate surface area is 188 Å². The van der Waals surface area contributed by atoms with Gasteiger partial charge in [0.15, 0.2) is 0 Å². The zero-order chi connectivity index (χ0) is 22.4. The number of esters is 1. The van der Waals surface area contributed by atoms with Crippen LogP contribution in [0.4, 0.5) is 5.82 Å². The number of pyridine rings is 1. The van der Waals surface area contributed by atoms with Crippen LogP contribution in [0.1, 0.15) is 38.0 Å². The summed E-state index contributed by atoms with van der Waals surface area (Å²) in [5.74, 6) is 0.161. The highest BCUT2D eigenvalue weighted by Crippen LogP contribution is 2.30. The molecule has 0 saturated carbocycles. The normalized spacial score (nSPS) is 17.3. The third-order valence-electron chi connectivity index (χ3n) is 6.05. The van der Waals surface area contributed by atoms with Gasteiger partial charge in [0.1, 0.15) is 28.2 Å². The first-order chi connectivity index (χ1) is 15.4. The van der Waals surface area contributed by atoms with Gasteiger partial charge in [-0.05, 0) is 42.3 Å². The number of cyclic esters (lactones) is 1. The SMILES string of the molecule is Cc1c(C(O)CN2CCN(c3ccc4cc(C#N)sc4n3)C(=O)C2)ccc2c1COC2=O. The molecular formula is C23H20N4O4S. The fourth-order valence-electron chi connectivity index (χ4n) is 4.30. The second-order valence-corrected chi connectivity index (χ2v) is 9.00. The van der Waals surface area contributed by atoms with E-state index in [9.17, 15) is 14.7 Å². The van der Waals surface area contributed by atoms with Gasteiger partial charge in [-0.25, -0.2) is 9.78 Å². The van der Waals surface area contributed by atoms with E-state index in [-0.39, 0.29) is 25.0 Å². The molecular weight excluding hydrogens is 428 g/mol. The van der Waals surface area contributed by atoms with Crippen molar-refractivity contribution >= 4 is 39.2 Å². The molecule has 0 bridgehead atoms. The third-order valence-corrected chi connectivity index (χ3v) is 7.00. The Morgan fingerprint density at radius 2 is 2.12 bits per heavy atom. The summed E-state index contributed by atoms with van der Waals surface area (Å²) in [6.45, 7) is 3.67. The van der Waals surface area contributed by atoms with E-state index in [4.69, 9.17) is 10.00 Å². The molecule has 32 heavy (non-hydrogen) atoms. The summed E-state index contributed by atoms with van der Waals surface area (Å²) in [5, 5.41) is 20.8. The van der Waals surface area contributed by atoms with Crippen LogP contribution in [0.15, 0.2) is 30.3 Å². The van der Waals surface area contributed by atoms with Gasteiger partial charge in [-0.15, -0.1) is 11.3 Å². The molecule has 0 radical (unpaired) electrons. The van der Waals surface area contributed by atoms with E-state index < -0.39 is 6.10 Å². The number of β-amino-alcohol motifs (C(OH)–C–C–N with tert-alkyl or cyclic N) is 1. The molecule has 0 aliphatic carbocycles. The number of amides is 1. The van der Waals surface area contributed by atoms with Gasteiger partial charge in [-0.1, -0.05) is 6.07 Å². The van der Waals surface area contributed by atoms with Crippen molar-refractivity contribution in [3.8, 4) is 6.07 Å². The van der Waals surface area contributed by atoms with E-state index >= 15 is 0 Å². The number of thiophene rings is 1. The van der Waals surface area contributed by atoms with Crippen molar-refractivity contribution in [2.75, 3.05) is 31.1 Å². The number of carbonyl (C=O) groups excluding carboxylic acids is 2. The maximum absolute atomic E-state index is 12.8. The molecule has 1 amide bonds. The molecule has 2 aromatic heterocycles. The van der Waals surface area contributed by atoms with Gasteiger partial charge in [0.05, 0.1) is 18.2 Å². The van der Waals surface area contributed by atoms with Crippen LogP contribution in [0.5, 0.6) is 0 Å². The number of nitriles is 1. The van der Waals surface area contributed by atoms with Crippen LogP contribution in [0.3, 0.4) is 0 Å². The van der Waals surface area contributed by atoms with Gasteiger partial charge in [0.25, 0.3) is 0 Å². The summed E-state index contributed by atoms with van der Waals surface area (Å²) in [4.78, 5) is 34.0. The molecule has 2 aliphatic heterocycles. The lowest BCUT2D eigenvalue weighted by molar-refractivity contribution is -0.121. The number of ether oxygens (including phenoxy) is 1. The van der Waals surface area contributed by atoms with Crippen molar-refractivity contribution in [3.05, 3.63) is 57.5 Å². The van der Waals surface area contributed by atoms with Crippen LogP contribution < -0.4 is 4.90 Å². The van der Waals surface area contributed by atoms with Crippen LogP contribution in [-0.2, 0) is 16.1 Å². The standard InChI is InChI=1S/C23H20N4O4S/c1-13-16(3-4-17-18(13)12-31-23(17)30)19(28)10-26-6-7-27(21(29)11-26)20-5-2-14-8-15(9-24)32-22(14)25-20/h2-5,8,19,28H,6-7,10-12H2,1H3. The lowest BCUT2D eigenvalue weighted by Gasteiger charge is -2.34. The van der Waals surface area contributed by atoms with E-state index in [1.165, 1.54) is 11.3 Å². The van der Waals surface area contributed by atoms with Gasteiger partial charge >= 0.3 is 5.97 Å². The smallest absolute Gasteiger partial charge is 0.338 e. The van der Waals surface area contributed by atoms with Gasteiger partial charge in [-0.2, -0.15) is 5.26 Å². The van der Waals surface area contributed by atoms with Crippen LogP contribution >= 0.6 is 11.3 Å². The van der Waals surface area contributed by atoms with E-state index in [2.05, 4.69) is 11.1 Å². The average Bonchev–Trinajstić information content (AvgIpc) is 3.37. The Morgan fingerprint density at radius 3 is 2.91 bits per heavy atom. The Hall–Kier alpha value is -3.32.